The zero-order valence-corrected chi connectivity index (χ0v) is 11.2. The van der Waals surface area contributed by atoms with E-state index in [0.717, 1.165) is 11.3 Å². The van der Waals surface area contributed by atoms with E-state index in [0.29, 0.717) is 13.1 Å². The topological polar surface area (TPSA) is 58.2 Å². The largest absolute Gasteiger partial charge is 0.355 e. The number of hydrogen-bond donors (Lipinski definition) is 2. The first-order valence-corrected chi connectivity index (χ1v) is 6.48. The molecule has 0 aromatic carbocycles. The molecule has 0 bridgehead atoms. The van der Waals surface area contributed by atoms with Gasteiger partial charge in [-0.1, -0.05) is 6.92 Å². The lowest BCUT2D eigenvalue weighted by Gasteiger charge is -2.03. The Balaban J connectivity index is 2.44. The Morgan fingerprint density at radius 2 is 1.94 bits per heavy atom. The van der Waals surface area contributed by atoms with Crippen molar-refractivity contribution in [2.75, 3.05) is 13.1 Å². The number of carbonyl (C=O) groups is 2. The van der Waals surface area contributed by atoms with Gasteiger partial charge in [0.25, 0.3) is 5.91 Å². The van der Waals surface area contributed by atoms with Gasteiger partial charge in [-0.2, -0.15) is 0 Å². The van der Waals surface area contributed by atoms with Gasteiger partial charge < -0.3 is 10.6 Å². The summed E-state index contributed by atoms with van der Waals surface area (Å²) in [4.78, 5) is 24.4. The highest BCUT2D eigenvalue weighted by atomic mass is 32.1. The Morgan fingerprint density at radius 3 is 2.47 bits per heavy atom. The van der Waals surface area contributed by atoms with Crippen molar-refractivity contribution < 1.29 is 9.59 Å². The second-order valence-electron chi connectivity index (χ2n) is 3.81. The van der Waals surface area contributed by atoms with E-state index in [9.17, 15) is 9.59 Å². The summed E-state index contributed by atoms with van der Waals surface area (Å²) in [5.74, 6) is -0.150. The first kappa shape index (κ1) is 13.7. The van der Waals surface area contributed by atoms with Crippen LogP contribution < -0.4 is 10.6 Å². The predicted molar refractivity (Wildman–Crippen MR) is 69.5 cm³/mol. The van der Waals surface area contributed by atoms with Gasteiger partial charge >= 0.3 is 0 Å². The van der Waals surface area contributed by atoms with Crippen LogP contribution in [0.1, 0.15) is 34.0 Å². The lowest BCUT2D eigenvalue weighted by molar-refractivity contribution is -0.118. The third-order valence-corrected chi connectivity index (χ3v) is 3.73. The number of aryl methyl sites for hydroxylation is 2. The van der Waals surface area contributed by atoms with E-state index in [-0.39, 0.29) is 11.8 Å². The van der Waals surface area contributed by atoms with E-state index in [4.69, 9.17) is 0 Å². The molecule has 0 aliphatic rings. The zero-order chi connectivity index (χ0) is 12.8. The molecule has 1 aromatic heterocycles. The van der Waals surface area contributed by atoms with Crippen molar-refractivity contribution in [1.29, 1.82) is 0 Å². The standard InChI is InChI=1S/C12H18N2O2S/c1-4-10-8(2)7-11(17-10)12(16)14-6-5-13-9(3)15/h7H,4-6H2,1-3H3,(H,13,15)(H,14,16). The van der Waals surface area contributed by atoms with Gasteiger partial charge in [0.15, 0.2) is 0 Å². The minimum absolute atomic E-state index is 0.0665. The van der Waals surface area contributed by atoms with E-state index in [1.807, 2.05) is 13.0 Å². The van der Waals surface area contributed by atoms with Crippen LogP contribution in [0.25, 0.3) is 0 Å². The molecule has 0 aliphatic heterocycles. The van der Waals surface area contributed by atoms with Crippen molar-refractivity contribution in [3.8, 4) is 0 Å². The molecule has 1 rings (SSSR count). The van der Waals surface area contributed by atoms with Crippen LogP contribution in [0.5, 0.6) is 0 Å². The normalized spacial score (nSPS) is 10.1. The van der Waals surface area contributed by atoms with Gasteiger partial charge in [-0.15, -0.1) is 11.3 Å². The summed E-state index contributed by atoms with van der Waals surface area (Å²) >= 11 is 1.53. The number of thiophene rings is 1. The minimum Gasteiger partial charge on any atom is -0.355 e. The number of amides is 2. The Morgan fingerprint density at radius 1 is 1.29 bits per heavy atom. The summed E-state index contributed by atoms with van der Waals surface area (Å²) < 4.78 is 0. The molecule has 1 aromatic rings. The van der Waals surface area contributed by atoms with Gasteiger partial charge in [-0.05, 0) is 25.0 Å². The van der Waals surface area contributed by atoms with E-state index in [1.165, 1.54) is 28.7 Å². The molecule has 0 aliphatic carbocycles. The van der Waals surface area contributed by atoms with Gasteiger partial charge in [0.1, 0.15) is 0 Å². The SMILES string of the molecule is CCc1sc(C(=O)NCCNC(C)=O)cc1C. The molecule has 0 unspecified atom stereocenters. The molecule has 0 spiro atoms. The summed E-state index contributed by atoms with van der Waals surface area (Å²) in [6.07, 6.45) is 0.954. The molecule has 0 saturated heterocycles. The highest BCUT2D eigenvalue weighted by Crippen LogP contribution is 2.21. The Hall–Kier alpha value is -1.36. The molecule has 0 saturated carbocycles. The van der Waals surface area contributed by atoms with E-state index >= 15 is 0 Å². The highest BCUT2D eigenvalue weighted by Gasteiger charge is 2.10. The highest BCUT2D eigenvalue weighted by molar-refractivity contribution is 7.14. The van der Waals surface area contributed by atoms with Crippen molar-refractivity contribution in [2.45, 2.75) is 27.2 Å². The lowest BCUT2D eigenvalue weighted by Crippen LogP contribution is -2.33. The molecule has 0 radical (unpaired) electrons. The van der Waals surface area contributed by atoms with Crippen molar-refractivity contribution in [3.63, 3.8) is 0 Å². The van der Waals surface area contributed by atoms with E-state index < -0.39 is 0 Å². The minimum atomic E-state index is -0.0838. The van der Waals surface area contributed by atoms with E-state index in [1.54, 1.807) is 0 Å². The molecule has 0 fully saturated rings. The summed E-state index contributed by atoms with van der Waals surface area (Å²) in [5.41, 5.74) is 1.17. The van der Waals surface area contributed by atoms with Gasteiger partial charge in [0.2, 0.25) is 5.91 Å². The van der Waals surface area contributed by atoms with Crippen LogP contribution in [-0.2, 0) is 11.2 Å². The summed E-state index contributed by atoms with van der Waals surface area (Å²) in [6, 6.07) is 1.91. The molecule has 2 N–H and O–H groups in total. The third-order valence-electron chi connectivity index (χ3n) is 2.35. The smallest absolute Gasteiger partial charge is 0.261 e. The van der Waals surface area contributed by atoms with Crippen LogP contribution >= 0.6 is 11.3 Å². The average molecular weight is 254 g/mol. The fourth-order valence-corrected chi connectivity index (χ4v) is 2.51. The van der Waals surface area contributed by atoms with Crippen LogP contribution in [0.4, 0.5) is 0 Å². The molecular formula is C12H18N2O2S. The molecule has 4 nitrogen and oxygen atoms in total. The van der Waals surface area contributed by atoms with Gasteiger partial charge in [0.05, 0.1) is 4.88 Å². The Bertz CT molecular complexity index is 413. The van der Waals surface area contributed by atoms with Crippen molar-refractivity contribution in [3.05, 3.63) is 21.4 Å². The third kappa shape index (κ3) is 4.19. The summed E-state index contributed by atoms with van der Waals surface area (Å²) in [6.45, 7) is 6.47. The van der Waals surface area contributed by atoms with Gasteiger partial charge in [-0.25, -0.2) is 0 Å². The monoisotopic (exact) mass is 254 g/mol. The zero-order valence-electron chi connectivity index (χ0n) is 10.4. The first-order chi connectivity index (χ1) is 8.04. The molecule has 0 atom stereocenters. The van der Waals surface area contributed by atoms with E-state index in [2.05, 4.69) is 17.6 Å². The quantitative estimate of drug-likeness (QED) is 0.782. The Kier molecular flexibility index (Phi) is 5.15. The molecule has 1 heterocycles. The lowest BCUT2D eigenvalue weighted by atomic mass is 10.2. The molecule has 5 heteroatoms. The summed E-state index contributed by atoms with van der Waals surface area (Å²) in [7, 11) is 0. The molecule has 2 amide bonds. The van der Waals surface area contributed by atoms with Crippen molar-refractivity contribution in [2.24, 2.45) is 0 Å². The first-order valence-electron chi connectivity index (χ1n) is 5.66. The number of rotatable bonds is 5. The van der Waals surface area contributed by atoms with Crippen LogP contribution in [0.3, 0.4) is 0 Å². The summed E-state index contributed by atoms with van der Waals surface area (Å²) in [5, 5.41) is 5.41. The van der Waals surface area contributed by atoms with Gasteiger partial charge in [-0.3, -0.25) is 9.59 Å². The fourth-order valence-electron chi connectivity index (χ4n) is 1.48. The molecule has 17 heavy (non-hydrogen) atoms. The van der Waals surface area contributed by atoms with Crippen LogP contribution in [-0.4, -0.2) is 24.9 Å². The number of nitrogens with one attached hydrogen (secondary N) is 2. The van der Waals surface area contributed by atoms with Crippen molar-refractivity contribution in [1.82, 2.24) is 10.6 Å². The molecule has 94 valence electrons. The predicted octanol–water partition coefficient (Wildman–Crippen LogP) is 1.48. The fraction of sp³-hybridized carbons (Fsp3) is 0.500. The number of carbonyl (C=O) groups excluding carboxylic acids is 2. The number of hydrogen-bond acceptors (Lipinski definition) is 3. The maximum absolute atomic E-state index is 11.8. The van der Waals surface area contributed by atoms with Gasteiger partial charge in [0, 0.05) is 24.9 Å². The maximum Gasteiger partial charge on any atom is 0.261 e. The Labute approximate surface area is 105 Å². The second-order valence-corrected chi connectivity index (χ2v) is 4.95. The van der Waals surface area contributed by atoms with Crippen LogP contribution in [0, 0.1) is 6.92 Å². The maximum atomic E-state index is 11.8. The molecular weight excluding hydrogens is 236 g/mol. The van der Waals surface area contributed by atoms with Crippen LogP contribution in [0.2, 0.25) is 0 Å². The van der Waals surface area contributed by atoms with Crippen LogP contribution in [0.15, 0.2) is 6.07 Å². The second kappa shape index (κ2) is 6.39. The van der Waals surface area contributed by atoms with Crippen molar-refractivity contribution >= 4 is 23.2 Å². The average Bonchev–Trinajstić information content (AvgIpc) is 2.65.